The van der Waals surface area contributed by atoms with E-state index in [1.807, 2.05) is 11.0 Å². The molecule has 2 rings (SSSR count). The largest absolute Gasteiger partial charge is 0.334 e. The minimum Gasteiger partial charge on any atom is -0.334 e. The average molecular weight is 261 g/mol. The van der Waals surface area contributed by atoms with Gasteiger partial charge in [-0.3, -0.25) is 9.78 Å². The van der Waals surface area contributed by atoms with Gasteiger partial charge in [-0.1, -0.05) is 19.4 Å². The van der Waals surface area contributed by atoms with Crippen LogP contribution in [0.25, 0.3) is 0 Å². The van der Waals surface area contributed by atoms with E-state index in [1.54, 1.807) is 12.3 Å². The Bertz CT molecular complexity index is 414. The van der Waals surface area contributed by atoms with Crippen LogP contribution in [0.4, 0.5) is 0 Å². The number of nitrogens with zero attached hydrogens (tertiary/aromatic N) is 2. The summed E-state index contributed by atoms with van der Waals surface area (Å²) < 4.78 is 0. The molecule has 1 fully saturated rings. The molecule has 0 bridgehead atoms. The minimum atomic E-state index is 0.0710. The van der Waals surface area contributed by atoms with E-state index in [2.05, 4.69) is 11.9 Å². The van der Waals surface area contributed by atoms with E-state index in [-0.39, 0.29) is 5.91 Å². The Balaban J connectivity index is 2.11. The van der Waals surface area contributed by atoms with Gasteiger partial charge in [0.05, 0.1) is 0 Å². The topological polar surface area (TPSA) is 59.2 Å². The van der Waals surface area contributed by atoms with Crippen LogP contribution < -0.4 is 5.73 Å². The van der Waals surface area contributed by atoms with Crippen LogP contribution >= 0.6 is 0 Å². The van der Waals surface area contributed by atoms with Crippen molar-refractivity contribution in [2.45, 2.75) is 51.6 Å². The first-order valence-electron chi connectivity index (χ1n) is 7.22. The van der Waals surface area contributed by atoms with Gasteiger partial charge in [-0.25, -0.2) is 0 Å². The van der Waals surface area contributed by atoms with E-state index < -0.39 is 0 Å². The zero-order chi connectivity index (χ0) is 13.7. The van der Waals surface area contributed by atoms with Gasteiger partial charge in [-0.2, -0.15) is 0 Å². The van der Waals surface area contributed by atoms with Crippen molar-refractivity contribution in [3.8, 4) is 0 Å². The first kappa shape index (κ1) is 14.0. The quantitative estimate of drug-likeness (QED) is 0.905. The summed E-state index contributed by atoms with van der Waals surface area (Å²) in [5.41, 5.74) is 7.05. The molecule has 1 aliphatic rings. The molecule has 1 aromatic rings. The van der Waals surface area contributed by atoms with Crippen LogP contribution in [0.2, 0.25) is 0 Å². The van der Waals surface area contributed by atoms with E-state index in [4.69, 9.17) is 5.73 Å². The van der Waals surface area contributed by atoms with Crippen molar-refractivity contribution in [1.82, 2.24) is 9.88 Å². The first-order valence-corrected chi connectivity index (χ1v) is 7.22. The molecule has 104 valence electrons. The predicted molar refractivity (Wildman–Crippen MR) is 75.7 cm³/mol. The van der Waals surface area contributed by atoms with Gasteiger partial charge >= 0.3 is 0 Å². The molecule has 2 heterocycles. The first-order chi connectivity index (χ1) is 9.26. The Morgan fingerprint density at radius 1 is 1.47 bits per heavy atom. The zero-order valence-corrected chi connectivity index (χ0v) is 11.6. The minimum absolute atomic E-state index is 0.0710. The molecule has 1 saturated heterocycles. The van der Waals surface area contributed by atoms with Crippen LogP contribution in [0, 0.1) is 0 Å². The fourth-order valence-electron chi connectivity index (χ4n) is 2.72. The van der Waals surface area contributed by atoms with Gasteiger partial charge in [-0.15, -0.1) is 0 Å². The average Bonchev–Trinajstić information content (AvgIpc) is 2.47. The molecule has 1 unspecified atom stereocenters. The van der Waals surface area contributed by atoms with Crippen LogP contribution in [0.1, 0.15) is 55.1 Å². The van der Waals surface area contributed by atoms with Gasteiger partial charge in [0, 0.05) is 25.3 Å². The summed E-state index contributed by atoms with van der Waals surface area (Å²) in [5, 5.41) is 0. The highest BCUT2D eigenvalue weighted by Crippen LogP contribution is 2.22. The molecule has 1 aliphatic heterocycles. The van der Waals surface area contributed by atoms with Gasteiger partial charge in [0.15, 0.2) is 0 Å². The molecule has 2 N–H and O–H groups in total. The molecule has 0 radical (unpaired) electrons. The summed E-state index contributed by atoms with van der Waals surface area (Å²) >= 11 is 0. The Hall–Kier alpha value is -1.42. The summed E-state index contributed by atoms with van der Waals surface area (Å²) in [7, 11) is 0. The van der Waals surface area contributed by atoms with Crippen molar-refractivity contribution in [3.63, 3.8) is 0 Å². The van der Waals surface area contributed by atoms with Crippen molar-refractivity contribution in [2.75, 3.05) is 6.54 Å². The molecule has 1 amide bonds. The second-order valence-electron chi connectivity index (χ2n) is 5.19. The van der Waals surface area contributed by atoms with Crippen molar-refractivity contribution >= 4 is 5.91 Å². The zero-order valence-electron chi connectivity index (χ0n) is 11.6. The third-order valence-electron chi connectivity index (χ3n) is 3.79. The summed E-state index contributed by atoms with van der Waals surface area (Å²) in [4.78, 5) is 18.8. The third kappa shape index (κ3) is 3.32. The molecule has 0 aromatic carbocycles. The van der Waals surface area contributed by atoms with Crippen LogP contribution in [-0.4, -0.2) is 28.4 Å². The predicted octanol–water partition coefficient (Wildman–Crippen LogP) is 2.34. The number of aromatic nitrogens is 1. The standard InChI is InChI=1S/C15H23N3O/c1-2-5-13-6-3-4-9-18(13)15(19)14-8-7-12(10-16)11-17-14/h7-8,11,13H,2-6,9-10,16H2,1H3. The summed E-state index contributed by atoms with van der Waals surface area (Å²) in [6, 6.07) is 4.07. The highest BCUT2D eigenvalue weighted by atomic mass is 16.2. The number of pyridine rings is 1. The number of rotatable bonds is 4. The number of hydrogen-bond donors (Lipinski definition) is 1. The smallest absolute Gasteiger partial charge is 0.272 e. The van der Waals surface area contributed by atoms with Gasteiger partial charge in [0.1, 0.15) is 5.69 Å². The van der Waals surface area contributed by atoms with E-state index in [9.17, 15) is 4.79 Å². The second-order valence-corrected chi connectivity index (χ2v) is 5.19. The van der Waals surface area contributed by atoms with Crippen molar-refractivity contribution in [1.29, 1.82) is 0 Å². The highest BCUT2D eigenvalue weighted by molar-refractivity contribution is 5.92. The molecule has 1 aromatic heterocycles. The summed E-state index contributed by atoms with van der Waals surface area (Å²) in [6.07, 6.45) is 7.37. The molecular weight excluding hydrogens is 238 g/mol. The van der Waals surface area contributed by atoms with Crippen LogP contribution in [0.3, 0.4) is 0 Å². The normalized spacial score (nSPS) is 19.5. The van der Waals surface area contributed by atoms with E-state index >= 15 is 0 Å². The molecule has 0 spiro atoms. The summed E-state index contributed by atoms with van der Waals surface area (Å²) in [6.45, 7) is 3.50. The van der Waals surface area contributed by atoms with E-state index in [0.717, 1.165) is 37.8 Å². The fourth-order valence-corrected chi connectivity index (χ4v) is 2.72. The van der Waals surface area contributed by atoms with Gasteiger partial charge < -0.3 is 10.6 Å². The fraction of sp³-hybridized carbons (Fsp3) is 0.600. The van der Waals surface area contributed by atoms with E-state index in [1.165, 1.54) is 6.42 Å². The SMILES string of the molecule is CCCC1CCCCN1C(=O)c1ccc(CN)cn1. The number of amides is 1. The lowest BCUT2D eigenvalue weighted by Crippen LogP contribution is -2.43. The van der Waals surface area contributed by atoms with Crippen LogP contribution in [0.15, 0.2) is 18.3 Å². The number of likely N-dealkylation sites (tertiary alicyclic amines) is 1. The van der Waals surface area contributed by atoms with Crippen molar-refractivity contribution < 1.29 is 4.79 Å². The summed E-state index contributed by atoms with van der Waals surface area (Å²) in [5.74, 6) is 0.0710. The monoisotopic (exact) mass is 261 g/mol. The third-order valence-corrected chi connectivity index (χ3v) is 3.79. The molecule has 0 saturated carbocycles. The molecule has 1 atom stereocenters. The van der Waals surface area contributed by atoms with Gasteiger partial charge in [-0.05, 0) is 37.3 Å². The molecule has 0 aliphatic carbocycles. The van der Waals surface area contributed by atoms with E-state index in [0.29, 0.717) is 18.3 Å². The maximum absolute atomic E-state index is 12.5. The Morgan fingerprint density at radius 2 is 2.32 bits per heavy atom. The number of hydrogen-bond acceptors (Lipinski definition) is 3. The number of nitrogens with two attached hydrogens (primary N) is 1. The lowest BCUT2D eigenvalue weighted by atomic mass is 9.98. The maximum Gasteiger partial charge on any atom is 0.272 e. The van der Waals surface area contributed by atoms with Gasteiger partial charge in [0.25, 0.3) is 5.91 Å². The Morgan fingerprint density at radius 3 is 2.95 bits per heavy atom. The van der Waals surface area contributed by atoms with Crippen LogP contribution in [0.5, 0.6) is 0 Å². The lowest BCUT2D eigenvalue weighted by Gasteiger charge is -2.35. The number of piperidine rings is 1. The molecule has 4 nitrogen and oxygen atoms in total. The lowest BCUT2D eigenvalue weighted by molar-refractivity contribution is 0.0594. The van der Waals surface area contributed by atoms with Crippen molar-refractivity contribution in [2.24, 2.45) is 5.73 Å². The molecular formula is C15H23N3O. The van der Waals surface area contributed by atoms with Crippen molar-refractivity contribution in [3.05, 3.63) is 29.6 Å². The maximum atomic E-state index is 12.5. The Kier molecular flexibility index (Phi) is 4.91. The van der Waals surface area contributed by atoms with Gasteiger partial charge in [0.2, 0.25) is 0 Å². The molecule has 19 heavy (non-hydrogen) atoms. The Labute approximate surface area is 115 Å². The number of carbonyl (C=O) groups excluding carboxylic acids is 1. The molecule has 4 heteroatoms. The number of carbonyl (C=O) groups is 1. The van der Waals surface area contributed by atoms with Crippen LogP contribution in [-0.2, 0) is 6.54 Å². The highest BCUT2D eigenvalue weighted by Gasteiger charge is 2.27. The second kappa shape index (κ2) is 6.66.